The van der Waals surface area contributed by atoms with Gasteiger partial charge < -0.3 is 9.32 Å². The lowest BCUT2D eigenvalue weighted by molar-refractivity contribution is 0.0648. The Kier molecular flexibility index (Phi) is 5.47. The summed E-state index contributed by atoms with van der Waals surface area (Å²) in [5.74, 6) is -0.575. The van der Waals surface area contributed by atoms with Gasteiger partial charge in [0.1, 0.15) is 5.58 Å². The average Bonchev–Trinajstić information content (AvgIpc) is 3.11. The fraction of sp³-hybridized carbons (Fsp3) is 0.304. The first kappa shape index (κ1) is 20.3. The summed E-state index contributed by atoms with van der Waals surface area (Å²) in [4.78, 5) is 27.3. The zero-order valence-corrected chi connectivity index (χ0v) is 17.5. The monoisotopic (exact) mass is 425 g/mol. The fourth-order valence-electron chi connectivity index (χ4n) is 3.82. The fourth-order valence-corrected chi connectivity index (χ4v) is 5.55. The van der Waals surface area contributed by atoms with Crippen LogP contribution in [0.5, 0.6) is 0 Å². The van der Waals surface area contributed by atoms with Crippen molar-refractivity contribution in [2.24, 2.45) is 0 Å². The minimum atomic E-state index is -3.19. The molecule has 2 heterocycles. The van der Waals surface area contributed by atoms with Gasteiger partial charge in [-0.3, -0.25) is 9.59 Å². The maximum absolute atomic E-state index is 13.4. The number of rotatable bonds is 5. The maximum Gasteiger partial charge on any atom is 0.290 e. The Labute approximate surface area is 175 Å². The van der Waals surface area contributed by atoms with Gasteiger partial charge in [-0.05, 0) is 36.1 Å². The number of nitrogens with zero attached hydrogens (tertiary/aromatic N) is 1. The molecule has 1 unspecified atom stereocenters. The highest BCUT2D eigenvalue weighted by Gasteiger charge is 2.36. The topological polar surface area (TPSA) is 84.7 Å². The predicted octanol–water partition coefficient (Wildman–Crippen LogP) is 3.18. The number of para-hydroxylation sites is 1. The van der Waals surface area contributed by atoms with Crippen molar-refractivity contribution in [2.45, 2.75) is 32.4 Å². The van der Waals surface area contributed by atoms with Gasteiger partial charge in [0.15, 0.2) is 21.0 Å². The lowest BCUT2D eigenvalue weighted by Gasteiger charge is -2.28. The van der Waals surface area contributed by atoms with Crippen LogP contribution >= 0.6 is 0 Å². The molecular weight excluding hydrogens is 402 g/mol. The Bertz CT molecular complexity index is 1240. The maximum atomic E-state index is 13.4. The molecule has 3 aromatic rings. The molecule has 0 radical (unpaired) electrons. The van der Waals surface area contributed by atoms with Gasteiger partial charge in [-0.2, -0.15) is 0 Å². The summed E-state index contributed by atoms with van der Waals surface area (Å²) in [6.45, 7) is 2.31. The lowest BCUT2D eigenvalue weighted by Crippen LogP contribution is -2.40. The SMILES string of the molecule is CCc1ccc(CN(C(=O)c2cc(=O)c3ccccc3o2)C2CCS(=O)(=O)C2)cc1. The standard InChI is InChI=1S/C23H23NO5S/c1-2-16-7-9-17(10-8-16)14-24(18-11-12-30(27,28)15-18)23(26)22-13-20(25)19-5-3-4-6-21(19)29-22/h3-10,13,18H,2,11-12,14-15H2,1H3. The Morgan fingerprint density at radius 2 is 1.80 bits per heavy atom. The van der Waals surface area contributed by atoms with Gasteiger partial charge in [0.2, 0.25) is 0 Å². The quantitative estimate of drug-likeness (QED) is 0.627. The van der Waals surface area contributed by atoms with Crippen molar-refractivity contribution >= 4 is 26.7 Å². The summed E-state index contributed by atoms with van der Waals surface area (Å²) >= 11 is 0. The molecule has 0 spiro atoms. The number of fused-ring (bicyclic) bond motifs is 1. The van der Waals surface area contributed by atoms with Crippen molar-refractivity contribution in [2.75, 3.05) is 11.5 Å². The van der Waals surface area contributed by atoms with Gasteiger partial charge in [-0.25, -0.2) is 8.42 Å². The van der Waals surface area contributed by atoms with E-state index in [2.05, 4.69) is 6.92 Å². The molecule has 6 nitrogen and oxygen atoms in total. The van der Waals surface area contributed by atoms with E-state index in [1.807, 2.05) is 24.3 Å². The number of hydrogen-bond donors (Lipinski definition) is 0. The third-order valence-corrected chi connectivity index (χ3v) is 7.29. The summed E-state index contributed by atoms with van der Waals surface area (Å²) in [5.41, 5.74) is 2.11. The highest BCUT2D eigenvalue weighted by atomic mass is 32.2. The number of carbonyl (C=O) groups is 1. The molecule has 156 valence electrons. The molecule has 2 aromatic carbocycles. The minimum absolute atomic E-state index is 0.0535. The van der Waals surface area contributed by atoms with Crippen LogP contribution in [0.2, 0.25) is 0 Å². The van der Waals surface area contributed by atoms with E-state index in [4.69, 9.17) is 4.42 Å². The molecule has 0 N–H and O–H groups in total. The summed E-state index contributed by atoms with van der Waals surface area (Å²) in [5, 5.41) is 0.402. The molecule has 1 saturated heterocycles. The van der Waals surface area contributed by atoms with E-state index >= 15 is 0 Å². The Balaban J connectivity index is 1.71. The molecule has 30 heavy (non-hydrogen) atoms. The van der Waals surface area contributed by atoms with Crippen LogP contribution < -0.4 is 5.43 Å². The normalized spacial score (nSPS) is 17.8. The van der Waals surface area contributed by atoms with E-state index in [9.17, 15) is 18.0 Å². The van der Waals surface area contributed by atoms with Crippen molar-refractivity contribution in [3.63, 3.8) is 0 Å². The predicted molar refractivity (Wildman–Crippen MR) is 115 cm³/mol. The highest BCUT2D eigenvalue weighted by molar-refractivity contribution is 7.91. The van der Waals surface area contributed by atoms with Crippen LogP contribution in [0.15, 0.2) is 63.8 Å². The third kappa shape index (κ3) is 4.16. The molecule has 4 rings (SSSR count). The Morgan fingerprint density at radius 3 is 2.47 bits per heavy atom. The van der Waals surface area contributed by atoms with Gasteiger partial charge in [-0.15, -0.1) is 0 Å². The van der Waals surface area contributed by atoms with Crippen LogP contribution in [0.3, 0.4) is 0 Å². The highest BCUT2D eigenvalue weighted by Crippen LogP contribution is 2.23. The van der Waals surface area contributed by atoms with Crippen molar-refractivity contribution in [3.8, 4) is 0 Å². The lowest BCUT2D eigenvalue weighted by atomic mass is 10.1. The van der Waals surface area contributed by atoms with Crippen LogP contribution in [-0.4, -0.2) is 36.8 Å². The van der Waals surface area contributed by atoms with Crippen LogP contribution in [0.4, 0.5) is 0 Å². The molecule has 1 aliphatic heterocycles. The average molecular weight is 426 g/mol. The van der Waals surface area contributed by atoms with Crippen molar-refractivity contribution in [1.29, 1.82) is 0 Å². The largest absolute Gasteiger partial charge is 0.451 e. The second-order valence-electron chi connectivity index (χ2n) is 7.63. The number of amides is 1. The molecule has 0 aliphatic carbocycles. The number of sulfone groups is 1. The summed E-state index contributed by atoms with van der Waals surface area (Å²) in [6, 6.07) is 15.4. The molecule has 1 aliphatic rings. The van der Waals surface area contributed by atoms with E-state index in [0.717, 1.165) is 12.0 Å². The van der Waals surface area contributed by atoms with Gasteiger partial charge >= 0.3 is 0 Å². The van der Waals surface area contributed by atoms with E-state index in [1.54, 1.807) is 24.3 Å². The van der Waals surface area contributed by atoms with E-state index in [0.29, 0.717) is 17.4 Å². The molecule has 0 saturated carbocycles. The van der Waals surface area contributed by atoms with Gasteiger partial charge in [-0.1, -0.05) is 43.3 Å². The third-order valence-electron chi connectivity index (χ3n) is 5.54. The number of hydrogen-bond acceptors (Lipinski definition) is 5. The van der Waals surface area contributed by atoms with Crippen LogP contribution in [0.25, 0.3) is 11.0 Å². The molecule has 1 aromatic heterocycles. The molecular formula is C23H23NO5S. The summed E-state index contributed by atoms with van der Waals surface area (Å²) < 4.78 is 29.8. The first-order valence-electron chi connectivity index (χ1n) is 9.98. The van der Waals surface area contributed by atoms with Crippen molar-refractivity contribution < 1.29 is 17.6 Å². The second-order valence-corrected chi connectivity index (χ2v) is 9.86. The zero-order valence-electron chi connectivity index (χ0n) is 16.7. The minimum Gasteiger partial charge on any atom is -0.451 e. The molecule has 7 heteroatoms. The van der Waals surface area contributed by atoms with Crippen LogP contribution in [-0.2, 0) is 22.8 Å². The van der Waals surface area contributed by atoms with E-state index in [-0.39, 0.29) is 29.2 Å². The number of carbonyl (C=O) groups excluding carboxylic acids is 1. The van der Waals surface area contributed by atoms with Crippen LogP contribution in [0, 0.1) is 0 Å². The van der Waals surface area contributed by atoms with Crippen LogP contribution in [0.1, 0.15) is 35.0 Å². The van der Waals surface area contributed by atoms with Gasteiger partial charge in [0, 0.05) is 18.7 Å². The Hall–Kier alpha value is -2.93. The van der Waals surface area contributed by atoms with Gasteiger partial charge in [0.25, 0.3) is 5.91 Å². The Morgan fingerprint density at radius 1 is 1.10 bits per heavy atom. The van der Waals surface area contributed by atoms with Crippen molar-refractivity contribution in [1.82, 2.24) is 4.90 Å². The molecule has 1 atom stereocenters. The van der Waals surface area contributed by atoms with Crippen molar-refractivity contribution in [3.05, 3.63) is 81.7 Å². The summed E-state index contributed by atoms with van der Waals surface area (Å²) in [7, 11) is -3.19. The molecule has 0 bridgehead atoms. The van der Waals surface area contributed by atoms with E-state index in [1.165, 1.54) is 16.5 Å². The number of benzene rings is 2. The zero-order chi connectivity index (χ0) is 21.3. The molecule has 1 amide bonds. The molecule has 1 fully saturated rings. The van der Waals surface area contributed by atoms with Gasteiger partial charge in [0.05, 0.1) is 16.9 Å². The smallest absolute Gasteiger partial charge is 0.290 e. The summed E-state index contributed by atoms with van der Waals surface area (Å²) in [6.07, 6.45) is 1.28. The number of aryl methyl sites for hydroxylation is 1. The second kappa shape index (κ2) is 8.07. The van der Waals surface area contributed by atoms with E-state index < -0.39 is 21.8 Å². The first-order chi connectivity index (χ1) is 14.4. The first-order valence-corrected chi connectivity index (χ1v) is 11.8.